The van der Waals surface area contributed by atoms with E-state index in [1.807, 2.05) is 0 Å². The number of ketones is 1. The standard InChI is InChI=1S/C13H22F2O2/c1-9-5-10(2)7-11(6-9)12(16)3-4-17-8-13(14)15/h9-11,13H,3-8H2,1-2H3. The van der Waals surface area contributed by atoms with Crippen molar-refractivity contribution in [3.8, 4) is 0 Å². The maximum atomic E-state index is 11.9. The third kappa shape index (κ3) is 5.57. The second-order valence-corrected chi connectivity index (χ2v) is 5.30. The first kappa shape index (κ1) is 14.6. The van der Waals surface area contributed by atoms with Crippen LogP contribution >= 0.6 is 0 Å². The highest BCUT2D eigenvalue weighted by molar-refractivity contribution is 5.81. The van der Waals surface area contributed by atoms with Crippen LogP contribution in [0.4, 0.5) is 8.78 Å². The Morgan fingerprint density at radius 2 is 1.82 bits per heavy atom. The van der Waals surface area contributed by atoms with E-state index in [9.17, 15) is 13.6 Å². The summed E-state index contributed by atoms with van der Waals surface area (Å²) in [5.41, 5.74) is 0. The first-order chi connectivity index (χ1) is 7.99. The molecule has 1 aliphatic carbocycles. The van der Waals surface area contributed by atoms with Gasteiger partial charge in [-0.05, 0) is 31.1 Å². The number of carbonyl (C=O) groups is 1. The van der Waals surface area contributed by atoms with Crippen molar-refractivity contribution in [3.63, 3.8) is 0 Å². The molecule has 2 unspecified atom stereocenters. The van der Waals surface area contributed by atoms with Crippen molar-refractivity contribution in [2.75, 3.05) is 13.2 Å². The highest BCUT2D eigenvalue weighted by Gasteiger charge is 2.28. The Morgan fingerprint density at radius 3 is 2.35 bits per heavy atom. The average Bonchev–Trinajstić information content (AvgIpc) is 2.22. The van der Waals surface area contributed by atoms with Gasteiger partial charge in [0.2, 0.25) is 0 Å². The molecule has 0 heterocycles. The molecule has 1 fully saturated rings. The molecule has 0 bridgehead atoms. The van der Waals surface area contributed by atoms with Crippen LogP contribution in [0, 0.1) is 17.8 Å². The molecule has 1 rings (SSSR count). The second kappa shape index (κ2) is 7.04. The van der Waals surface area contributed by atoms with Gasteiger partial charge < -0.3 is 4.74 Å². The van der Waals surface area contributed by atoms with Crippen LogP contribution in [0.2, 0.25) is 0 Å². The maximum absolute atomic E-state index is 11.9. The number of carbonyl (C=O) groups excluding carboxylic acids is 1. The third-order valence-corrected chi connectivity index (χ3v) is 3.37. The van der Waals surface area contributed by atoms with Gasteiger partial charge in [-0.1, -0.05) is 13.8 Å². The zero-order valence-electron chi connectivity index (χ0n) is 10.6. The van der Waals surface area contributed by atoms with Crippen LogP contribution in [0.5, 0.6) is 0 Å². The Kier molecular flexibility index (Phi) is 6.03. The minimum Gasteiger partial charge on any atom is -0.375 e. The quantitative estimate of drug-likeness (QED) is 0.674. The van der Waals surface area contributed by atoms with Gasteiger partial charge in [-0.3, -0.25) is 4.79 Å². The molecule has 2 atom stereocenters. The van der Waals surface area contributed by atoms with Gasteiger partial charge in [-0.2, -0.15) is 0 Å². The number of halogens is 2. The van der Waals surface area contributed by atoms with Gasteiger partial charge in [0.25, 0.3) is 6.43 Å². The van der Waals surface area contributed by atoms with Crippen LogP contribution in [-0.2, 0) is 9.53 Å². The SMILES string of the molecule is CC1CC(C)CC(C(=O)CCOCC(F)F)C1. The predicted molar refractivity (Wildman–Crippen MR) is 62.1 cm³/mol. The molecule has 100 valence electrons. The monoisotopic (exact) mass is 248 g/mol. The minimum atomic E-state index is -2.44. The molecule has 0 spiro atoms. The lowest BCUT2D eigenvalue weighted by Crippen LogP contribution is -2.26. The summed E-state index contributed by atoms with van der Waals surface area (Å²) >= 11 is 0. The van der Waals surface area contributed by atoms with Crippen LogP contribution in [0.25, 0.3) is 0 Å². The summed E-state index contributed by atoms with van der Waals surface area (Å²) in [6, 6.07) is 0. The molecule has 0 aromatic rings. The van der Waals surface area contributed by atoms with E-state index in [0.29, 0.717) is 11.8 Å². The number of rotatable bonds is 6. The Morgan fingerprint density at radius 1 is 1.24 bits per heavy atom. The van der Waals surface area contributed by atoms with Crippen LogP contribution in [0.15, 0.2) is 0 Å². The molecule has 0 N–H and O–H groups in total. The van der Waals surface area contributed by atoms with Crippen molar-refractivity contribution in [1.29, 1.82) is 0 Å². The van der Waals surface area contributed by atoms with E-state index in [1.54, 1.807) is 0 Å². The number of alkyl halides is 2. The number of hydrogen-bond donors (Lipinski definition) is 0. The van der Waals surface area contributed by atoms with Gasteiger partial charge in [-0.25, -0.2) is 8.78 Å². The highest BCUT2D eigenvalue weighted by atomic mass is 19.3. The van der Waals surface area contributed by atoms with Crippen molar-refractivity contribution in [2.24, 2.45) is 17.8 Å². The zero-order chi connectivity index (χ0) is 12.8. The zero-order valence-corrected chi connectivity index (χ0v) is 10.6. The minimum absolute atomic E-state index is 0.115. The van der Waals surface area contributed by atoms with E-state index >= 15 is 0 Å². The molecule has 0 aliphatic heterocycles. The Balaban J connectivity index is 2.22. The van der Waals surface area contributed by atoms with Crippen molar-refractivity contribution in [2.45, 2.75) is 46.0 Å². The predicted octanol–water partition coefficient (Wildman–Crippen LogP) is 3.30. The molecule has 0 aromatic heterocycles. The van der Waals surface area contributed by atoms with Crippen molar-refractivity contribution in [1.82, 2.24) is 0 Å². The van der Waals surface area contributed by atoms with Gasteiger partial charge in [0, 0.05) is 12.3 Å². The number of ether oxygens (including phenoxy) is 1. The van der Waals surface area contributed by atoms with Crippen LogP contribution < -0.4 is 0 Å². The largest absolute Gasteiger partial charge is 0.375 e. The average molecular weight is 248 g/mol. The molecular weight excluding hydrogens is 226 g/mol. The fourth-order valence-electron chi connectivity index (χ4n) is 2.76. The van der Waals surface area contributed by atoms with Crippen LogP contribution in [0.3, 0.4) is 0 Å². The topological polar surface area (TPSA) is 26.3 Å². The fraction of sp³-hybridized carbons (Fsp3) is 0.923. The summed E-state index contributed by atoms with van der Waals surface area (Å²) in [5, 5.41) is 0. The lowest BCUT2D eigenvalue weighted by molar-refractivity contribution is -0.126. The molecule has 2 nitrogen and oxygen atoms in total. The Hall–Kier alpha value is -0.510. The molecule has 17 heavy (non-hydrogen) atoms. The second-order valence-electron chi connectivity index (χ2n) is 5.30. The number of hydrogen-bond acceptors (Lipinski definition) is 2. The molecule has 1 aliphatic rings. The Labute approximate surface area is 102 Å². The maximum Gasteiger partial charge on any atom is 0.261 e. The van der Waals surface area contributed by atoms with E-state index in [0.717, 1.165) is 12.8 Å². The smallest absolute Gasteiger partial charge is 0.261 e. The normalized spacial score (nSPS) is 29.6. The molecule has 0 aromatic carbocycles. The summed E-state index contributed by atoms with van der Waals surface area (Å²) in [7, 11) is 0. The highest BCUT2D eigenvalue weighted by Crippen LogP contribution is 2.33. The van der Waals surface area contributed by atoms with E-state index < -0.39 is 13.0 Å². The van der Waals surface area contributed by atoms with Crippen molar-refractivity contribution in [3.05, 3.63) is 0 Å². The van der Waals surface area contributed by atoms with Crippen molar-refractivity contribution >= 4 is 5.78 Å². The van der Waals surface area contributed by atoms with Crippen LogP contribution in [0.1, 0.15) is 39.5 Å². The first-order valence-electron chi connectivity index (χ1n) is 6.37. The van der Waals surface area contributed by atoms with Gasteiger partial charge >= 0.3 is 0 Å². The number of Topliss-reactive ketones (excluding diaryl/α,β-unsaturated/α-hetero) is 1. The first-order valence-corrected chi connectivity index (χ1v) is 6.37. The Bertz CT molecular complexity index is 234. The van der Waals surface area contributed by atoms with E-state index in [-0.39, 0.29) is 24.7 Å². The molecular formula is C13H22F2O2. The molecule has 0 saturated heterocycles. The molecule has 0 amide bonds. The van der Waals surface area contributed by atoms with Gasteiger partial charge in [0.1, 0.15) is 12.4 Å². The summed E-state index contributed by atoms with van der Waals surface area (Å²) in [6.07, 6.45) is 0.901. The summed E-state index contributed by atoms with van der Waals surface area (Å²) in [5.74, 6) is 1.48. The lowest BCUT2D eigenvalue weighted by Gasteiger charge is -2.30. The fourth-order valence-corrected chi connectivity index (χ4v) is 2.76. The van der Waals surface area contributed by atoms with E-state index in [2.05, 4.69) is 13.8 Å². The molecule has 4 heteroatoms. The molecule has 1 saturated carbocycles. The van der Waals surface area contributed by atoms with Gasteiger partial charge in [0.15, 0.2) is 0 Å². The van der Waals surface area contributed by atoms with Gasteiger partial charge in [0.05, 0.1) is 6.61 Å². The van der Waals surface area contributed by atoms with Crippen LogP contribution in [-0.4, -0.2) is 25.4 Å². The third-order valence-electron chi connectivity index (χ3n) is 3.37. The summed E-state index contributed by atoms with van der Waals surface area (Å²) in [4.78, 5) is 11.9. The summed E-state index contributed by atoms with van der Waals surface area (Å²) < 4.78 is 28.4. The summed E-state index contributed by atoms with van der Waals surface area (Å²) in [6.45, 7) is 3.90. The lowest BCUT2D eigenvalue weighted by atomic mass is 9.74. The molecule has 0 radical (unpaired) electrons. The van der Waals surface area contributed by atoms with E-state index in [4.69, 9.17) is 4.74 Å². The van der Waals surface area contributed by atoms with Gasteiger partial charge in [-0.15, -0.1) is 0 Å². The van der Waals surface area contributed by atoms with E-state index in [1.165, 1.54) is 6.42 Å². The van der Waals surface area contributed by atoms with Crippen molar-refractivity contribution < 1.29 is 18.3 Å².